The monoisotopic (exact) mass is 424 g/mol. The Morgan fingerprint density at radius 3 is 2.83 bits per heavy atom. The summed E-state index contributed by atoms with van der Waals surface area (Å²) in [6.45, 7) is 1.09. The molecule has 1 spiro atoms. The minimum atomic E-state index is -0.516. The fourth-order valence-electron chi connectivity index (χ4n) is 4.42. The Morgan fingerprint density at radius 1 is 1.20 bits per heavy atom. The topological polar surface area (TPSA) is 68.7 Å². The van der Waals surface area contributed by atoms with Crippen LogP contribution in [0.4, 0.5) is 0 Å². The number of likely N-dealkylation sites (tertiary alicyclic amines) is 1. The van der Waals surface area contributed by atoms with Crippen molar-refractivity contribution < 1.29 is 19.1 Å². The molecule has 7 heteroatoms. The highest BCUT2D eigenvalue weighted by molar-refractivity contribution is 7.99. The molecule has 1 atom stereocenters. The lowest BCUT2D eigenvalue weighted by atomic mass is 9.82. The van der Waals surface area contributed by atoms with Gasteiger partial charge >= 0.3 is 0 Å². The molecule has 2 saturated heterocycles. The number of carbonyl (C=O) groups excluding carboxylic acids is 2. The van der Waals surface area contributed by atoms with Crippen LogP contribution in [0.3, 0.4) is 0 Å². The Morgan fingerprint density at radius 2 is 2.03 bits per heavy atom. The van der Waals surface area contributed by atoms with E-state index < -0.39 is 5.60 Å². The molecule has 0 bridgehead atoms. The summed E-state index contributed by atoms with van der Waals surface area (Å²) in [7, 11) is 0. The number of aromatic nitrogens is 1. The van der Waals surface area contributed by atoms with E-state index in [0.717, 1.165) is 17.9 Å². The molecule has 0 radical (unpaired) electrons. The number of carbonyl (C=O) groups is 2. The predicted molar refractivity (Wildman–Crippen MR) is 114 cm³/mol. The minimum Gasteiger partial charge on any atom is -0.486 e. The fraction of sp³-hybridized carbons (Fsp3) is 0.435. The average molecular weight is 425 g/mol. The molecule has 2 aromatic rings. The van der Waals surface area contributed by atoms with Gasteiger partial charge in [0.05, 0.1) is 12.0 Å². The molecule has 1 aromatic carbocycles. The summed E-state index contributed by atoms with van der Waals surface area (Å²) >= 11 is 1.86. The first kappa shape index (κ1) is 19.4. The van der Waals surface area contributed by atoms with Crippen molar-refractivity contribution in [3.8, 4) is 11.6 Å². The third kappa shape index (κ3) is 3.67. The van der Waals surface area contributed by atoms with E-state index in [-0.39, 0.29) is 17.8 Å². The van der Waals surface area contributed by atoms with Crippen LogP contribution in [0.1, 0.15) is 46.4 Å². The van der Waals surface area contributed by atoms with E-state index in [1.165, 1.54) is 0 Å². The molecule has 156 valence electrons. The Labute approximate surface area is 180 Å². The number of hydrogen-bond acceptors (Lipinski definition) is 6. The van der Waals surface area contributed by atoms with Crippen molar-refractivity contribution in [3.05, 3.63) is 53.7 Å². The fourth-order valence-corrected chi connectivity index (χ4v) is 5.51. The maximum absolute atomic E-state index is 13.2. The molecular weight excluding hydrogens is 400 g/mol. The van der Waals surface area contributed by atoms with Gasteiger partial charge < -0.3 is 14.4 Å². The van der Waals surface area contributed by atoms with Gasteiger partial charge in [-0.15, -0.1) is 0 Å². The van der Waals surface area contributed by atoms with E-state index in [1.807, 2.05) is 40.9 Å². The molecule has 2 fully saturated rings. The number of Topliss-reactive ketones (excluding diaryl/α,β-unsaturated/α-hetero) is 1. The summed E-state index contributed by atoms with van der Waals surface area (Å²) in [5.41, 5.74) is 0.651. The van der Waals surface area contributed by atoms with Gasteiger partial charge in [-0.25, -0.2) is 4.98 Å². The maximum Gasteiger partial charge on any atom is 0.259 e. The van der Waals surface area contributed by atoms with Gasteiger partial charge in [-0.1, -0.05) is 12.1 Å². The van der Waals surface area contributed by atoms with Gasteiger partial charge in [0.2, 0.25) is 5.88 Å². The van der Waals surface area contributed by atoms with E-state index in [1.54, 1.807) is 18.3 Å². The summed E-state index contributed by atoms with van der Waals surface area (Å²) in [4.78, 5) is 32.0. The van der Waals surface area contributed by atoms with Gasteiger partial charge in [-0.2, -0.15) is 11.8 Å². The largest absolute Gasteiger partial charge is 0.486 e. The highest BCUT2D eigenvalue weighted by atomic mass is 32.2. The van der Waals surface area contributed by atoms with E-state index in [0.29, 0.717) is 55.1 Å². The van der Waals surface area contributed by atoms with Gasteiger partial charge in [0.1, 0.15) is 23.0 Å². The zero-order valence-electron chi connectivity index (χ0n) is 16.7. The van der Waals surface area contributed by atoms with Crippen molar-refractivity contribution in [2.45, 2.75) is 37.4 Å². The second kappa shape index (κ2) is 7.95. The summed E-state index contributed by atoms with van der Waals surface area (Å²) in [6, 6.07) is 11.0. The molecule has 30 heavy (non-hydrogen) atoms. The minimum absolute atomic E-state index is 0.0684. The zero-order valence-corrected chi connectivity index (χ0v) is 17.5. The van der Waals surface area contributed by atoms with Crippen LogP contribution in [0.15, 0.2) is 42.6 Å². The Bertz CT molecular complexity index is 965. The Balaban J connectivity index is 1.28. The number of ketones is 1. The van der Waals surface area contributed by atoms with Crippen LogP contribution in [0.2, 0.25) is 0 Å². The quantitative estimate of drug-likeness (QED) is 0.750. The number of hydrogen-bond donors (Lipinski definition) is 0. The molecule has 0 aliphatic carbocycles. The summed E-state index contributed by atoms with van der Waals surface area (Å²) in [5.74, 6) is 3.15. The molecule has 1 amide bonds. The number of rotatable bonds is 3. The van der Waals surface area contributed by atoms with Crippen molar-refractivity contribution in [2.24, 2.45) is 0 Å². The van der Waals surface area contributed by atoms with Crippen LogP contribution in [-0.2, 0) is 0 Å². The second-order valence-corrected chi connectivity index (χ2v) is 9.28. The van der Waals surface area contributed by atoms with Crippen molar-refractivity contribution in [3.63, 3.8) is 0 Å². The number of benzene rings is 1. The van der Waals surface area contributed by atoms with Crippen LogP contribution >= 0.6 is 11.8 Å². The van der Waals surface area contributed by atoms with Crippen molar-refractivity contribution >= 4 is 23.5 Å². The van der Waals surface area contributed by atoms with Gasteiger partial charge in [0.15, 0.2) is 5.78 Å². The number of nitrogens with zero attached hydrogens (tertiary/aromatic N) is 2. The molecule has 3 aliphatic rings. The van der Waals surface area contributed by atoms with E-state index in [9.17, 15) is 9.59 Å². The molecule has 0 N–H and O–H groups in total. The standard InChI is InChI=1S/C23H24N2O4S/c26-19-14-23(29-20-6-2-1-4-17(19)20)8-11-25(12-9-23)22(27)18-5-3-10-24-21(18)28-16-7-13-30-15-16/h1-6,10,16H,7-9,11-15H2/t16-/m1/s1. The molecule has 0 unspecified atom stereocenters. The highest BCUT2D eigenvalue weighted by Crippen LogP contribution is 2.39. The molecular formula is C23H24N2O4S. The van der Waals surface area contributed by atoms with Gasteiger partial charge in [-0.3, -0.25) is 9.59 Å². The number of fused-ring (bicyclic) bond motifs is 1. The number of ether oxygens (including phenoxy) is 2. The molecule has 1 aromatic heterocycles. The summed E-state index contributed by atoms with van der Waals surface area (Å²) in [6.07, 6.45) is 4.39. The van der Waals surface area contributed by atoms with Crippen molar-refractivity contribution in [2.75, 3.05) is 24.6 Å². The second-order valence-electron chi connectivity index (χ2n) is 8.13. The number of amides is 1. The number of para-hydroxylation sites is 1. The third-order valence-electron chi connectivity index (χ3n) is 6.13. The van der Waals surface area contributed by atoms with Crippen LogP contribution in [0.5, 0.6) is 11.6 Å². The lowest BCUT2D eigenvalue weighted by Gasteiger charge is -2.44. The molecule has 6 nitrogen and oxygen atoms in total. The van der Waals surface area contributed by atoms with Crippen molar-refractivity contribution in [1.29, 1.82) is 0 Å². The van der Waals surface area contributed by atoms with Crippen LogP contribution < -0.4 is 9.47 Å². The summed E-state index contributed by atoms with van der Waals surface area (Å²) < 4.78 is 12.3. The average Bonchev–Trinajstić information content (AvgIpc) is 3.27. The molecule has 5 rings (SSSR count). The van der Waals surface area contributed by atoms with E-state index >= 15 is 0 Å². The van der Waals surface area contributed by atoms with Crippen LogP contribution in [0, 0.1) is 0 Å². The van der Waals surface area contributed by atoms with Gasteiger partial charge in [0, 0.05) is 37.9 Å². The first-order valence-corrected chi connectivity index (χ1v) is 11.6. The predicted octanol–water partition coefficient (Wildman–Crippen LogP) is 3.61. The molecule has 0 saturated carbocycles. The zero-order chi connectivity index (χ0) is 20.6. The third-order valence-corrected chi connectivity index (χ3v) is 7.26. The molecule has 4 heterocycles. The Kier molecular flexibility index (Phi) is 5.15. The highest BCUT2D eigenvalue weighted by Gasteiger charge is 2.43. The normalized spacial score (nSPS) is 22.5. The van der Waals surface area contributed by atoms with Crippen LogP contribution in [-0.4, -0.2) is 57.9 Å². The molecule has 3 aliphatic heterocycles. The van der Waals surface area contributed by atoms with Crippen LogP contribution in [0.25, 0.3) is 0 Å². The number of pyridine rings is 1. The lowest BCUT2D eigenvalue weighted by molar-refractivity contribution is -0.00580. The maximum atomic E-state index is 13.2. The summed E-state index contributed by atoms with van der Waals surface area (Å²) in [5, 5.41) is 0. The van der Waals surface area contributed by atoms with Crippen molar-refractivity contribution in [1.82, 2.24) is 9.88 Å². The number of piperidine rings is 1. The van der Waals surface area contributed by atoms with E-state index in [4.69, 9.17) is 9.47 Å². The first-order valence-electron chi connectivity index (χ1n) is 10.4. The Hall–Kier alpha value is -2.54. The van der Waals surface area contributed by atoms with E-state index in [2.05, 4.69) is 4.98 Å². The van der Waals surface area contributed by atoms with Gasteiger partial charge in [0.25, 0.3) is 5.91 Å². The van der Waals surface area contributed by atoms with Gasteiger partial charge in [-0.05, 0) is 36.4 Å². The lowest BCUT2D eigenvalue weighted by Crippen LogP contribution is -2.52. The SMILES string of the molecule is O=C1CC2(CCN(C(=O)c3cccnc3O[C@@H]3CCSC3)CC2)Oc2ccccc21. The number of thioether (sulfide) groups is 1. The first-order chi connectivity index (χ1) is 14.6. The smallest absolute Gasteiger partial charge is 0.259 e.